The molecule has 0 bridgehead atoms. The molecular weight excluding hydrogens is 350 g/mol. The van der Waals surface area contributed by atoms with Gasteiger partial charge in [-0.3, -0.25) is 4.79 Å². The van der Waals surface area contributed by atoms with E-state index in [4.69, 9.17) is 0 Å². The van der Waals surface area contributed by atoms with E-state index in [1.807, 2.05) is 36.5 Å². The van der Waals surface area contributed by atoms with Gasteiger partial charge in [0, 0.05) is 22.8 Å². The summed E-state index contributed by atoms with van der Waals surface area (Å²) in [5.74, 6) is -0.0773. The highest BCUT2D eigenvalue weighted by molar-refractivity contribution is 9.11. The largest absolute Gasteiger partial charge is 0.347 e. The number of nitrogens with one attached hydrogen (secondary N) is 1. The molecule has 106 valence electrons. The van der Waals surface area contributed by atoms with Gasteiger partial charge in [-0.05, 0) is 58.4 Å². The molecule has 0 unspecified atom stereocenters. The van der Waals surface area contributed by atoms with Gasteiger partial charge in [-0.25, -0.2) is 4.68 Å². The van der Waals surface area contributed by atoms with Crippen molar-refractivity contribution < 1.29 is 4.79 Å². The Morgan fingerprint density at radius 1 is 1.24 bits per heavy atom. The monoisotopic (exact) mass is 361 g/mol. The van der Waals surface area contributed by atoms with Crippen LogP contribution in [0.3, 0.4) is 0 Å². The molecular formula is C15H12BrN3OS. The highest BCUT2D eigenvalue weighted by Crippen LogP contribution is 2.21. The molecule has 1 aromatic carbocycles. The molecule has 1 amide bonds. The predicted molar refractivity (Wildman–Crippen MR) is 86.8 cm³/mol. The fraction of sp³-hybridized carbons (Fsp3) is 0.0667. The van der Waals surface area contributed by atoms with Crippen LogP contribution in [0.4, 0.5) is 0 Å². The van der Waals surface area contributed by atoms with Crippen LogP contribution in [0.5, 0.6) is 0 Å². The summed E-state index contributed by atoms with van der Waals surface area (Å²) in [6, 6.07) is 13.2. The molecule has 0 atom stereocenters. The fourth-order valence-electron chi connectivity index (χ4n) is 1.90. The molecule has 2 heterocycles. The average Bonchev–Trinajstić information content (AvgIpc) is 3.16. The quantitative estimate of drug-likeness (QED) is 0.771. The molecule has 3 aromatic rings. The molecule has 0 aliphatic rings. The Kier molecular flexibility index (Phi) is 4.17. The van der Waals surface area contributed by atoms with Gasteiger partial charge in [0.2, 0.25) is 0 Å². The van der Waals surface area contributed by atoms with Gasteiger partial charge >= 0.3 is 0 Å². The smallest absolute Gasteiger partial charge is 0.251 e. The standard InChI is InChI=1S/C15H12BrN3OS/c16-14-7-6-13(21-14)10-17-15(20)11-2-4-12(5-3-11)19-9-1-8-18-19/h1-9H,10H2,(H,17,20). The van der Waals surface area contributed by atoms with Crippen LogP contribution in [-0.4, -0.2) is 15.7 Å². The first-order valence-corrected chi connectivity index (χ1v) is 7.96. The van der Waals surface area contributed by atoms with Crippen LogP contribution in [-0.2, 0) is 6.54 Å². The maximum absolute atomic E-state index is 12.1. The summed E-state index contributed by atoms with van der Waals surface area (Å²) in [5.41, 5.74) is 1.57. The van der Waals surface area contributed by atoms with Crippen molar-refractivity contribution in [2.24, 2.45) is 0 Å². The lowest BCUT2D eigenvalue weighted by Gasteiger charge is -2.05. The third kappa shape index (κ3) is 3.40. The lowest BCUT2D eigenvalue weighted by molar-refractivity contribution is 0.0951. The SMILES string of the molecule is O=C(NCc1ccc(Br)s1)c1ccc(-n2cccn2)cc1. The van der Waals surface area contributed by atoms with Crippen LogP contribution in [0.25, 0.3) is 5.69 Å². The van der Waals surface area contributed by atoms with E-state index in [2.05, 4.69) is 26.3 Å². The molecule has 0 radical (unpaired) electrons. The molecule has 0 aliphatic carbocycles. The molecule has 0 aliphatic heterocycles. The molecule has 4 nitrogen and oxygen atoms in total. The Hall–Kier alpha value is -1.92. The fourth-order valence-corrected chi connectivity index (χ4v) is 3.33. The molecule has 2 aromatic heterocycles. The normalized spacial score (nSPS) is 10.5. The number of thiophene rings is 1. The van der Waals surface area contributed by atoms with E-state index in [-0.39, 0.29) is 5.91 Å². The van der Waals surface area contributed by atoms with E-state index in [9.17, 15) is 4.79 Å². The third-order valence-corrected chi connectivity index (χ3v) is 4.57. The number of carbonyl (C=O) groups is 1. The number of halogens is 1. The van der Waals surface area contributed by atoms with Crippen molar-refractivity contribution in [1.29, 1.82) is 0 Å². The molecule has 3 rings (SSSR count). The second kappa shape index (κ2) is 6.24. The number of carbonyl (C=O) groups excluding carboxylic acids is 1. The Morgan fingerprint density at radius 2 is 2.05 bits per heavy atom. The number of hydrogen-bond donors (Lipinski definition) is 1. The molecule has 21 heavy (non-hydrogen) atoms. The first-order chi connectivity index (χ1) is 10.2. The minimum atomic E-state index is -0.0773. The molecule has 1 N–H and O–H groups in total. The molecule has 6 heteroatoms. The summed E-state index contributed by atoms with van der Waals surface area (Å²) in [6.07, 6.45) is 3.59. The van der Waals surface area contributed by atoms with E-state index in [0.29, 0.717) is 12.1 Å². The van der Waals surface area contributed by atoms with Gasteiger partial charge in [-0.15, -0.1) is 11.3 Å². The number of rotatable bonds is 4. The summed E-state index contributed by atoms with van der Waals surface area (Å²) in [7, 11) is 0. The topological polar surface area (TPSA) is 46.9 Å². The number of nitrogens with zero attached hydrogens (tertiary/aromatic N) is 2. The second-order valence-corrected chi connectivity index (χ2v) is 6.93. The van der Waals surface area contributed by atoms with Gasteiger partial charge in [-0.2, -0.15) is 5.10 Å². The Balaban J connectivity index is 1.65. The first-order valence-electron chi connectivity index (χ1n) is 6.35. The van der Waals surface area contributed by atoms with Crippen molar-refractivity contribution in [2.45, 2.75) is 6.54 Å². The molecule has 0 spiro atoms. The van der Waals surface area contributed by atoms with Crippen LogP contribution in [0.15, 0.2) is 58.6 Å². The number of benzene rings is 1. The number of amides is 1. The minimum absolute atomic E-state index is 0.0773. The van der Waals surface area contributed by atoms with E-state index in [1.165, 1.54) is 0 Å². The summed E-state index contributed by atoms with van der Waals surface area (Å²) in [5, 5.41) is 7.06. The van der Waals surface area contributed by atoms with Gasteiger partial charge < -0.3 is 5.32 Å². The summed E-state index contributed by atoms with van der Waals surface area (Å²) >= 11 is 5.02. The number of hydrogen-bond acceptors (Lipinski definition) is 3. The summed E-state index contributed by atoms with van der Waals surface area (Å²) in [6.45, 7) is 0.538. The van der Waals surface area contributed by atoms with Crippen molar-refractivity contribution in [1.82, 2.24) is 15.1 Å². The van der Waals surface area contributed by atoms with Gasteiger partial charge in [0.05, 0.1) is 16.0 Å². The van der Waals surface area contributed by atoms with Crippen molar-refractivity contribution in [2.75, 3.05) is 0 Å². The van der Waals surface area contributed by atoms with Gasteiger partial charge in [0.1, 0.15) is 0 Å². The maximum Gasteiger partial charge on any atom is 0.251 e. The van der Waals surface area contributed by atoms with Gasteiger partial charge in [-0.1, -0.05) is 0 Å². The summed E-state index contributed by atoms with van der Waals surface area (Å²) in [4.78, 5) is 13.2. The molecule has 0 saturated carbocycles. The van der Waals surface area contributed by atoms with Crippen LogP contribution in [0.1, 0.15) is 15.2 Å². The van der Waals surface area contributed by atoms with E-state index in [0.717, 1.165) is 14.4 Å². The zero-order valence-corrected chi connectivity index (χ0v) is 13.4. The Bertz CT molecular complexity index is 735. The van der Waals surface area contributed by atoms with Crippen molar-refractivity contribution in [3.63, 3.8) is 0 Å². The lowest BCUT2D eigenvalue weighted by Crippen LogP contribution is -2.22. The molecule has 0 fully saturated rings. The summed E-state index contributed by atoms with van der Waals surface area (Å²) < 4.78 is 2.82. The van der Waals surface area contributed by atoms with Crippen LogP contribution in [0.2, 0.25) is 0 Å². The second-order valence-electron chi connectivity index (χ2n) is 4.39. The lowest BCUT2D eigenvalue weighted by atomic mass is 10.2. The maximum atomic E-state index is 12.1. The number of aromatic nitrogens is 2. The van der Waals surface area contributed by atoms with E-state index in [1.54, 1.807) is 34.3 Å². The average molecular weight is 362 g/mol. The van der Waals surface area contributed by atoms with Crippen molar-refractivity contribution >= 4 is 33.2 Å². The zero-order valence-electron chi connectivity index (χ0n) is 11.0. The Morgan fingerprint density at radius 3 is 2.67 bits per heavy atom. The minimum Gasteiger partial charge on any atom is -0.347 e. The van der Waals surface area contributed by atoms with Crippen molar-refractivity contribution in [3.05, 3.63) is 69.1 Å². The van der Waals surface area contributed by atoms with Gasteiger partial charge in [0.25, 0.3) is 5.91 Å². The zero-order chi connectivity index (χ0) is 14.7. The van der Waals surface area contributed by atoms with Crippen LogP contribution in [0, 0.1) is 0 Å². The first kappa shape index (κ1) is 14.0. The van der Waals surface area contributed by atoms with Crippen molar-refractivity contribution in [3.8, 4) is 5.69 Å². The molecule has 0 saturated heterocycles. The van der Waals surface area contributed by atoms with Crippen LogP contribution >= 0.6 is 27.3 Å². The van der Waals surface area contributed by atoms with Crippen LogP contribution < -0.4 is 5.32 Å². The third-order valence-electron chi connectivity index (χ3n) is 2.95. The highest BCUT2D eigenvalue weighted by atomic mass is 79.9. The predicted octanol–water partition coefficient (Wildman–Crippen LogP) is 3.63. The Labute approximate surface area is 134 Å². The van der Waals surface area contributed by atoms with E-state index >= 15 is 0 Å². The highest BCUT2D eigenvalue weighted by Gasteiger charge is 2.06. The van der Waals surface area contributed by atoms with E-state index < -0.39 is 0 Å². The van der Waals surface area contributed by atoms with Gasteiger partial charge in [0.15, 0.2) is 0 Å².